The van der Waals surface area contributed by atoms with Gasteiger partial charge in [-0.2, -0.15) is 0 Å². The number of quaternary nitrogens is 1. The standard InChI is InChI=1S/C20H21NO4/c1-22-17-4-3-12-7-16-14-9-19-18(24-11-25-19)8-13(14)5-6-21(16)10-15(12)20(17)23-2/h3-4,8-9,16H,5-7,10-11H2,1-2H3/p+1/t16-/m1/s1. The van der Waals surface area contributed by atoms with Crippen molar-refractivity contribution in [3.05, 3.63) is 46.5 Å². The van der Waals surface area contributed by atoms with Crippen LogP contribution in [-0.2, 0) is 19.4 Å². The van der Waals surface area contributed by atoms with Crippen LogP contribution in [0.3, 0.4) is 0 Å². The third-order valence-electron chi connectivity index (χ3n) is 5.79. The quantitative estimate of drug-likeness (QED) is 0.903. The number of hydrogen-bond acceptors (Lipinski definition) is 4. The highest BCUT2D eigenvalue weighted by Crippen LogP contribution is 2.41. The highest BCUT2D eigenvalue weighted by Gasteiger charge is 2.38. The summed E-state index contributed by atoms with van der Waals surface area (Å²) in [6, 6.07) is 9.05. The number of fused-ring (bicyclic) bond motifs is 5. The number of benzene rings is 2. The van der Waals surface area contributed by atoms with Gasteiger partial charge < -0.3 is 23.8 Å². The lowest BCUT2D eigenvalue weighted by Gasteiger charge is -2.39. The first-order valence-corrected chi connectivity index (χ1v) is 8.78. The summed E-state index contributed by atoms with van der Waals surface area (Å²) < 4.78 is 22.3. The Kier molecular flexibility index (Phi) is 3.31. The molecule has 130 valence electrons. The Labute approximate surface area is 147 Å². The van der Waals surface area contributed by atoms with Gasteiger partial charge in [0, 0.05) is 18.4 Å². The molecule has 2 atom stereocenters. The van der Waals surface area contributed by atoms with E-state index in [1.54, 1.807) is 19.1 Å². The first-order chi connectivity index (χ1) is 12.3. The van der Waals surface area contributed by atoms with E-state index in [4.69, 9.17) is 18.9 Å². The monoisotopic (exact) mass is 340 g/mol. The Balaban J connectivity index is 1.57. The maximum atomic E-state index is 5.67. The van der Waals surface area contributed by atoms with Crippen LogP contribution < -0.4 is 23.8 Å². The Bertz CT molecular complexity index is 848. The molecule has 1 unspecified atom stereocenters. The fourth-order valence-corrected chi connectivity index (χ4v) is 4.56. The molecular weight excluding hydrogens is 318 g/mol. The average molecular weight is 340 g/mol. The maximum Gasteiger partial charge on any atom is 0.231 e. The summed E-state index contributed by atoms with van der Waals surface area (Å²) in [5.41, 5.74) is 5.46. The van der Waals surface area contributed by atoms with Gasteiger partial charge in [-0.05, 0) is 29.3 Å². The molecule has 3 aliphatic rings. The van der Waals surface area contributed by atoms with Gasteiger partial charge >= 0.3 is 0 Å². The highest BCUT2D eigenvalue weighted by atomic mass is 16.7. The summed E-state index contributed by atoms with van der Waals surface area (Å²) in [5.74, 6) is 3.49. The lowest BCUT2D eigenvalue weighted by molar-refractivity contribution is -0.949. The summed E-state index contributed by atoms with van der Waals surface area (Å²) >= 11 is 0. The fourth-order valence-electron chi connectivity index (χ4n) is 4.56. The molecule has 0 amide bonds. The molecule has 25 heavy (non-hydrogen) atoms. The first kappa shape index (κ1) is 14.9. The Morgan fingerprint density at radius 1 is 1.04 bits per heavy atom. The molecule has 5 rings (SSSR count). The van der Waals surface area contributed by atoms with E-state index < -0.39 is 0 Å². The van der Waals surface area contributed by atoms with Crippen LogP contribution in [0.4, 0.5) is 0 Å². The van der Waals surface area contributed by atoms with Crippen LogP contribution in [0.2, 0.25) is 0 Å². The van der Waals surface area contributed by atoms with Crippen LogP contribution in [0.15, 0.2) is 24.3 Å². The van der Waals surface area contributed by atoms with Crippen LogP contribution >= 0.6 is 0 Å². The minimum atomic E-state index is 0.333. The molecule has 5 nitrogen and oxygen atoms in total. The van der Waals surface area contributed by atoms with E-state index in [9.17, 15) is 0 Å². The topological polar surface area (TPSA) is 41.4 Å². The zero-order valence-electron chi connectivity index (χ0n) is 14.6. The molecule has 2 aromatic rings. The van der Waals surface area contributed by atoms with E-state index in [1.165, 1.54) is 22.3 Å². The van der Waals surface area contributed by atoms with Gasteiger partial charge in [-0.15, -0.1) is 0 Å². The van der Waals surface area contributed by atoms with E-state index in [0.29, 0.717) is 12.8 Å². The van der Waals surface area contributed by atoms with Crippen LogP contribution in [0.1, 0.15) is 28.3 Å². The summed E-state index contributed by atoms with van der Waals surface area (Å²) in [7, 11) is 3.42. The van der Waals surface area contributed by atoms with Crippen molar-refractivity contribution >= 4 is 0 Å². The van der Waals surface area contributed by atoms with Crippen molar-refractivity contribution in [2.24, 2.45) is 0 Å². The summed E-state index contributed by atoms with van der Waals surface area (Å²) in [5, 5.41) is 0. The third kappa shape index (κ3) is 2.19. The summed E-state index contributed by atoms with van der Waals surface area (Å²) in [4.78, 5) is 1.59. The second kappa shape index (κ2) is 5.56. The van der Waals surface area contributed by atoms with E-state index in [-0.39, 0.29) is 0 Å². The molecule has 0 radical (unpaired) electrons. The lowest BCUT2D eigenvalue weighted by Crippen LogP contribution is -3.13. The average Bonchev–Trinajstić information content (AvgIpc) is 3.11. The predicted octanol–water partition coefficient (Wildman–Crippen LogP) is 1.67. The minimum Gasteiger partial charge on any atom is -0.493 e. The second-order valence-electron chi connectivity index (χ2n) is 6.93. The predicted molar refractivity (Wildman–Crippen MR) is 91.8 cm³/mol. The van der Waals surface area contributed by atoms with Gasteiger partial charge in [-0.25, -0.2) is 0 Å². The molecule has 0 saturated heterocycles. The number of rotatable bonds is 2. The Morgan fingerprint density at radius 3 is 2.68 bits per heavy atom. The van der Waals surface area contributed by atoms with Gasteiger partial charge in [0.15, 0.2) is 23.0 Å². The second-order valence-corrected chi connectivity index (χ2v) is 6.93. The molecular formula is C20H22NO4+. The number of methoxy groups -OCH3 is 2. The summed E-state index contributed by atoms with van der Waals surface area (Å²) in [6.45, 7) is 2.42. The van der Waals surface area contributed by atoms with Gasteiger partial charge in [0.25, 0.3) is 0 Å². The SMILES string of the molecule is COc1ccc2c(c1OC)C[NH+]1CCc3cc4c(cc3[C@H]1C2)OCO4. The normalized spacial score (nSPS) is 22.6. The van der Waals surface area contributed by atoms with Crippen molar-refractivity contribution < 1.29 is 23.8 Å². The van der Waals surface area contributed by atoms with Gasteiger partial charge in [-0.3, -0.25) is 0 Å². The molecule has 1 N–H and O–H groups in total. The largest absolute Gasteiger partial charge is 0.493 e. The van der Waals surface area contributed by atoms with Gasteiger partial charge in [-0.1, -0.05) is 6.07 Å². The van der Waals surface area contributed by atoms with Crippen LogP contribution in [0.25, 0.3) is 0 Å². The molecule has 3 aliphatic heterocycles. The lowest BCUT2D eigenvalue weighted by atomic mass is 9.83. The first-order valence-electron chi connectivity index (χ1n) is 8.78. The van der Waals surface area contributed by atoms with E-state index >= 15 is 0 Å². The Hall–Kier alpha value is -2.40. The van der Waals surface area contributed by atoms with E-state index in [1.807, 2.05) is 6.07 Å². The smallest absolute Gasteiger partial charge is 0.231 e. The van der Waals surface area contributed by atoms with E-state index in [2.05, 4.69) is 18.2 Å². The van der Waals surface area contributed by atoms with Crippen molar-refractivity contribution in [3.8, 4) is 23.0 Å². The maximum absolute atomic E-state index is 5.67. The molecule has 0 fully saturated rings. The number of ether oxygens (including phenoxy) is 4. The molecule has 5 heteroatoms. The third-order valence-corrected chi connectivity index (χ3v) is 5.79. The zero-order chi connectivity index (χ0) is 17.0. The number of nitrogens with one attached hydrogen (secondary N) is 1. The fraction of sp³-hybridized carbons (Fsp3) is 0.400. The minimum absolute atomic E-state index is 0.333. The number of hydrogen-bond donors (Lipinski definition) is 1. The van der Waals surface area contributed by atoms with Gasteiger partial charge in [0.1, 0.15) is 12.6 Å². The highest BCUT2D eigenvalue weighted by molar-refractivity contribution is 5.53. The van der Waals surface area contributed by atoms with Crippen molar-refractivity contribution in [1.82, 2.24) is 0 Å². The van der Waals surface area contributed by atoms with Gasteiger partial charge in [0.05, 0.1) is 26.3 Å². The van der Waals surface area contributed by atoms with Crippen molar-refractivity contribution in [1.29, 1.82) is 0 Å². The molecule has 0 saturated carbocycles. The van der Waals surface area contributed by atoms with Crippen LogP contribution in [-0.4, -0.2) is 27.6 Å². The van der Waals surface area contributed by atoms with E-state index in [0.717, 1.165) is 48.9 Å². The molecule has 0 spiro atoms. The zero-order valence-corrected chi connectivity index (χ0v) is 14.6. The molecule has 2 aromatic carbocycles. The Morgan fingerprint density at radius 2 is 1.88 bits per heavy atom. The van der Waals surface area contributed by atoms with Crippen molar-refractivity contribution in [2.45, 2.75) is 25.4 Å². The molecule has 0 bridgehead atoms. The molecule has 0 aliphatic carbocycles. The summed E-state index contributed by atoms with van der Waals surface area (Å²) in [6.07, 6.45) is 2.08. The van der Waals surface area contributed by atoms with Crippen LogP contribution in [0, 0.1) is 0 Å². The van der Waals surface area contributed by atoms with Crippen molar-refractivity contribution in [2.75, 3.05) is 27.6 Å². The van der Waals surface area contributed by atoms with Crippen LogP contribution in [0.5, 0.6) is 23.0 Å². The molecule has 3 heterocycles. The van der Waals surface area contributed by atoms with Crippen molar-refractivity contribution in [3.63, 3.8) is 0 Å². The van der Waals surface area contributed by atoms with Gasteiger partial charge in [0.2, 0.25) is 6.79 Å². The molecule has 0 aromatic heterocycles.